The van der Waals surface area contributed by atoms with Crippen LogP contribution in [-0.4, -0.2) is 34.7 Å². The highest BCUT2D eigenvalue weighted by molar-refractivity contribution is 7.90. The van der Waals surface area contributed by atoms with Crippen molar-refractivity contribution in [3.63, 3.8) is 0 Å². The van der Waals surface area contributed by atoms with Crippen LogP contribution in [0.25, 0.3) is 0 Å². The summed E-state index contributed by atoms with van der Waals surface area (Å²) in [6.45, 7) is 0. The van der Waals surface area contributed by atoms with Crippen molar-refractivity contribution in [3.05, 3.63) is 53.1 Å². The molecule has 5 nitrogen and oxygen atoms in total. The van der Waals surface area contributed by atoms with E-state index in [-0.39, 0.29) is 15.5 Å². The van der Waals surface area contributed by atoms with Gasteiger partial charge in [-0.3, -0.25) is 4.79 Å². The van der Waals surface area contributed by atoms with Crippen LogP contribution in [0.2, 0.25) is 5.02 Å². The van der Waals surface area contributed by atoms with Crippen LogP contribution in [0.15, 0.2) is 47.4 Å². The molecule has 0 saturated carbocycles. The number of benzene rings is 2. The molecule has 0 aliphatic rings. The summed E-state index contributed by atoms with van der Waals surface area (Å²) in [5.74, 6) is -0.399. The summed E-state index contributed by atoms with van der Waals surface area (Å²) in [4.78, 5) is 14.2. The van der Waals surface area contributed by atoms with Gasteiger partial charge in [0.2, 0.25) is 0 Å². The maximum absolute atomic E-state index is 12.3. The van der Waals surface area contributed by atoms with Crippen molar-refractivity contribution in [1.82, 2.24) is 0 Å². The molecule has 0 heterocycles. The van der Waals surface area contributed by atoms with E-state index < -0.39 is 15.7 Å². The molecule has 0 saturated heterocycles. The van der Waals surface area contributed by atoms with E-state index in [1.807, 2.05) is 31.1 Å². The molecule has 0 aliphatic carbocycles. The van der Waals surface area contributed by atoms with Crippen LogP contribution in [0, 0.1) is 0 Å². The lowest BCUT2D eigenvalue weighted by molar-refractivity contribution is 0.102. The SMILES string of the molecule is CN(C)c1ccc(NC(=O)c2ccc(Cl)c(S(C)(=O)=O)c2)cc1. The molecule has 2 aromatic carbocycles. The Labute approximate surface area is 140 Å². The molecule has 0 radical (unpaired) electrons. The number of halogens is 1. The molecule has 1 N–H and O–H groups in total. The highest BCUT2D eigenvalue weighted by Crippen LogP contribution is 2.23. The van der Waals surface area contributed by atoms with E-state index in [2.05, 4.69) is 5.32 Å². The summed E-state index contributed by atoms with van der Waals surface area (Å²) >= 11 is 5.88. The lowest BCUT2D eigenvalue weighted by Crippen LogP contribution is -2.13. The Kier molecular flexibility index (Phi) is 4.97. The zero-order chi connectivity index (χ0) is 17.2. The maximum atomic E-state index is 12.3. The summed E-state index contributed by atoms with van der Waals surface area (Å²) in [5, 5.41) is 2.82. The molecule has 2 rings (SSSR count). The predicted molar refractivity (Wildman–Crippen MR) is 93.3 cm³/mol. The van der Waals surface area contributed by atoms with Crippen LogP contribution in [0.4, 0.5) is 11.4 Å². The molecular formula is C16H17ClN2O3S. The Morgan fingerprint density at radius 2 is 1.70 bits per heavy atom. The molecule has 1 amide bonds. The Bertz CT molecular complexity index is 831. The van der Waals surface area contributed by atoms with Gasteiger partial charge >= 0.3 is 0 Å². The highest BCUT2D eigenvalue weighted by atomic mass is 35.5. The zero-order valence-corrected chi connectivity index (χ0v) is 14.6. The summed E-state index contributed by atoms with van der Waals surface area (Å²) in [6.07, 6.45) is 1.05. The normalized spacial score (nSPS) is 11.1. The second kappa shape index (κ2) is 6.60. The largest absolute Gasteiger partial charge is 0.378 e. The van der Waals surface area contributed by atoms with E-state index in [1.54, 1.807) is 12.1 Å². The third-order valence-corrected chi connectivity index (χ3v) is 4.81. The summed E-state index contributed by atoms with van der Waals surface area (Å²) in [7, 11) is 0.354. The van der Waals surface area contributed by atoms with Crippen molar-refractivity contribution in [3.8, 4) is 0 Å². The fourth-order valence-corrected chi connectivity index (χ4v) is 3.28. The molecule has 7 heteroatoms. The van der Waals surface area contributed by atoms with Crippen LogP contribution in [-0.2, 0) is 9.84 Å². The van der Waals surface area contributed by atoms with Gasteiger partial charge in [0.05, 0.1) is 9.92 Å². The molecule has 0 aliphatic heterocycles. The first-order chi connectivity index (χ1) is 10.7. The zero-order valence-electron chi connectivity index (χ0n) is 13.0. The van der Waals surface area contributed by atoms with E-state index >= 15 is 0 Å². The molecule has 2 aromatic rings. The Hall–Kier alpha value is -2.05. The smallest absolute Gasteiger partial charge is 0.255 e. The number of hydrogen-bond acceptors (Lipinski definition) is 4. The van der Waals surface area contributed by atoms with Crippen LogP contribution < -0.4 is 10.2 Å². The van der Waals surface area contributed by atoms with E-state index in [9.17, 15) is 13.2 Å². The summed E-state index contributed by atoms with van der Waals surface area (Å²) in [5.41, 5.74) is 1.86. The molecule has 0 bridgehead atoms. The Balaban J connectivity index is 2.24. The van der Waals surface area contributed by atoms with E-state index in [0.717, 1.165) is 11.9 Å². The van der Waals surface area contributed by atoms with Crippen LogP contribution in [0.3, 0.4) is 0 Å². The Morgan fingerprint density at radius 3 is 2.22 bits per heavy atom. The van der Waals surface area contributed by atoms with Gasteiger partial charge in [-0.1, -0.05) is 11.6 Å². The number of amides is 1. The fourth-order valence-electron chi connectivity index (χ4n) is 1.97. The molecule has 0 spiro atoms. The minimum Gasteiger partial charge on any atom is -0.378 e. The van der Waals surface area contributed by atoms with Crippen molar-refractivity contribution in [2.24, 2.45) is 0 Å². The predicted octanol–water partition coefficient (Wildman–Crippen LogP) is 3.06. The molecule has 0 aromatic heterocycles. The van der Waals surface area contributed by atoms with Gasteiger partial charge in [0.25, 0.3) is 5.91 Å². The highest BCUT2D eigenvalue weighted by Gasteiger charge is 2.16. The van der Waals surface area contributed by atoms with Gasteiger partial charge in [0.1, 0.15) is 0 Å². The first-order valence-electron chi connectivity index (χ1n) is 6.77. The number of sulfone groups is 1. The molecule has 122 valence electrons. The number of hydrogen-bond donors (Lipinski definition) is 1. The van der Waals surface area contributed by atoms with Gasteiger partial charge in [-0.25, -0.2) is 8.42 Å². The number of carbonyl (C=O) groups is 1. The number of carbonyl (C=O) groups excluding carboxylic acids is 1. The third-order valence-electron chi connectivity index (χ3n) is 3.23. The van der Waals surface area contributed by atoms with Crippen LogP contribution >= 0.6 is 11.6 Å². The maximum Gasteiger partial charge on any atom is 0.255 e. The average molecular weight is 353 g/mol. The minimum absolute atomic E-state index is 0.0604. The molecule has 0 atom stereocenters. The standard InChI is InChI=1S/C16H17ClN2O3S/c1-19(2)13-7-5-12(6-8-13)18-16(20)11-4-9-14(17)15(10-11)23(3,21)22/h4-10H,1-3H3,(H,18,20). The van der Waals surface area contributed by atoms with E-state index in [1.165, 1.54) is 18.2 Å². The van der Waals surface area contributed by atoms with Crippen LogP contribution in [0.1, 0.15) is 10.4 Å². The monoisotopic (exact) mass is 352 g/mol. The quantitative estimate of drug-likeness (QED) is 0.918. The van der Waals surface area contributed by atoms with Gasteiger partial charge in [-0.2, -0.15) is 0 Å². The average Bonchev–Trinajstić information content (AvgIpc) is 2.47. The number of rotatable bonds is 4. The molecule has 0 fully saturated rings. The van der Waals surface area contributed by atoms with Gasteiger partial charge < -0.3 is 10.2 Å². The number of anilines is 2. The molecule has 0 unspecified atom stereocenters. The van der Waals surface area contributed by atoms with Gasteiger partial charge in [-0.15, -0.1) is 0 Å². The summed E-state index contributed by atoms with van der Waals surface area (Å²) < 4.78 is 23.3. The van der Waals surface area contributed by atoms with Crippen molar-refractivity contribution < 1.29 is 13.2 Å². The lowest BCUT2D eigenvalue weighted by atomic mass is 10.2. The van der Waals surface area contributed by atoms with Crippen molar-refractivity contribution in [2.45, 2.75) is 4.90 Å². The second-order valence-electron chi connectivity index (χ2n) is 5.31. The first kappa shape index (κ1) is 17.3. The van der Waals surface area contributed by atoms with E-state index in [0.29, 0.717) is 5.69 Å². The van der Waals surface area contributed by atoms with Crippen molar-refractivity contribution in [1.29, 1.82) is 0 Å². The van der Waals surface area contributed by atoms with Crippen molar-refractivity contribution in [2.75, 3.05) is 30.6 Å². The molecular weight excluding hydrogens is 336 g/mol. The first-order valence-corrected chi connectivity index (χ1v) is 9.04. The Morgan fingerprint density at radius 1 is 1.09 bits per heavy atom. The van der Waals surface area contributed by atoms with E-state index in [4.69, 9.17) is 11.6 Å². The van der Waals surface area contributed by atoms with Gasteiger partial charge in [0.15, 0.2) is 9.84 Å². The third kappa shape index (κ3) is 4.24. The fraction of sp³-hybridized carbons (Fsp3) is 0.188. The topological polar surface area (TPSA) is 66.5 Å². The second-order valence-corrected chi connectivity index (χ2v) is 7.70. The minimum atomic E-state index is -3.49. The lowest BCUT2D eigenvalue weighted by Gasteiger charge is -2.13. The van der Waals surface area contributed by atoms with Crippen molar-refractivity contribution >= 4 is 38.7 Å². The number of nitrogens with one attached hydrogen (secondary N) is 1. The van der Waals surface area contributed by atoms with Gasteiger partial charge in [0, 0.05) is 37.3 Å². The van der Waals surface area contributed by atoms with Crippen LogP contribution in [0.5, 0.6) is 0 Å². The number of nitrogens with zero attached hydrogens (tertiary/aromatic N) is 1. The summed E-state index contributed by atoms with van der Waals surface area (Å²) in [6, 6.07) is 11.5. The molecule has 23 heavy (non-hydrogen) atoms. The van der Waals surface area contributed by atoms with Gasteiger partial charge in [-0.05, 0) is 42.5 Å².